The maximum absolute atomic E-state index is 13.0. The van der Waals surface area contributed by atoms with E-state index < -0.39 is 11.9 Å². The molecule has 1 atom stereocenters. The zero-order chi connectivity index (χ0) is 16.6. The number of nitrogens with zero attached hydrogens (tertiary/aromatic N) is 1. The molecule has 1 unspecified atom stereocenters. The van der Waals surface area contributed by atoms with Crippen LogP contribution in [-0.4, -0.2) is 22.8 Å². The number of fused-ring (bicyclic) bond motifs is 1. The van der Waals surface area contributed by atoms with E-state index in [2.05, 4.69) is 0 Å². The zero-order valence-corrected chi connectivity index (χ0v) is 12.7. The van der Waals surface area contributed by atoms with E-state index in [1.807, 2.05) is 36.4 Å². The van der Waals surface area contributed by atoms with Gasteiger partial charge in [-0.25, -0.2) is 0 Å². The average Bonchev–Trinajstić information content (AvgIpc) is 2.55. The summed E-state index contributed by atoms with van der Waals surface area (Å²) in [5.74, 6) is -0.961. The smallest absolute Gasteiger partial charge is 0.259 e. The van der Waals surface area contributed by atoms with Crippen LogP contribution < -0.4 is 11.5 Å². The Kier molecular flexibility index (Phi) is 3.62. The first kappa shape index (κ1) is 14.8. The van der Waals surface area contributed by atoms with Gasteiger partial charge >= 0.3 is 0 Å². The fourth-order valence-corrected chi connectivity index (χ4v) is 2.77. The second-order valence-electron chi connectivity index (χ2n) is 5.50. The number of nitrogens with two attached hydrogens (primary N) is 2. The maximum atomic E-state index is 13.0. The number of allylic oxidation sites excluding steroid dienone is 2. The van der Waals surface area contributed by atoms with Crippen LogP contribution in [0.1, 0.15) is 17.3 Å². The Labute approximate surface area is 133 Å². The van der Waals surface area contributed by atoms with Gasteiger partial charge in [-0.05, 0) is 35.4 Å². The first-order valence-corrected chi connectivity index (χ1v) is 7.25. The molecule has 23 heavy (non-hydrogen) atoms. The summed E-state index contributed by atoms with van der Waals surface area (Å²) in [6, 6.07) is 12.1. The highest BCUT2D eigenvalue weighted by Gasteiger charge is 2.33. The minimum absolute atomic E-state index is 0.300. The molecule has 2 amide bonds. The minimum atomic E-state index is -0.966. The predicted molar refractivity (Wildman–Crippen MR) is 89.1 cm³/mol. The maximum Gasteiger partial charge on any atom is 0.259 e. The Morgan fingerprint density at radius 3 is 2.52 bits per heavy atom. The molecule has 5 nitrogen and oxygen atoms in total. The highest BCUT2D eigenvalue weighted by Crippen LogP contribution is 2.24. The Balaban J connectivity index is 2.09. The SMILES string of the molecule is CC1=C(N)C(C(N)=O)N(C(=O)c2cccc3ccccc23)C=C1. The minimum Gasteiger partial charge on any atom is -0.400 e. The van der Waals surface area contributed by atoms with E-state index in [-0.39, 0.29) is 5.91 Å². The molecule has 116 valence electrons. The van der Waals surface area contributed by atoms with Gasteiger partial charge in [-0.2, -0.15) is 0 Å². The van der Waals surface area contributed by atoms with Crippen molar-refractivity contribution in [3.8, 4) is 0 Å². The zero-order valence-electron chi connectivity index (χ0n) is 12.7. The first-order valence-electron chi connectivity index (χ1n) is 7.25. The van der Waals surface area contributed by atoms with Gasteiger partial charge in [-0.15, -0.1) is 0 Å². The lowest BCUT2D eigenvalue weighted by molar-refractivity contribution is -0.120. The third-order valence-corrected chi connectivity index (χ3v) is 4.04. The Bertz CT molecular complexity index is 862. The summed E-state index contributed by atoms with van der Waals surface area (Å²) in [5, 5.41) is 1.77. The van der Waals surface area contributed by atoms with Crippen LogP contribution >= 0.6 is 0 Å². The van der Waals surface area contributed by atoms with Crippen molar-refractivity contribution in [1.29, 1.82) is 0 Å². The molecule has 3 rings (SSSR count). The average molecular weight is 307 g/mol. The molecule has 1 aliphatic rings. The molecule has 1 aliphatic heterocycles. The van der Waals surface area contributed by atoms with Crippen molar-refractivity contribution in [3.05, 3.63) is 71.6 Å². The molecular formula is C18H17N3O2. The van der Waals surface area contributed by atoms with Crippen LogP contribution in [0.3, 0.4) is 0 Å². The summed E-state index contributed by atoms with van der Waals surface area (Å²) in [5.41, 5.74) is 13.0. The lowest BCUT2D eigenvalue weighted by atomic mass is 9.99. The van der Waals surface area contributed by atoms with Gasteiger partial charge in [0.1, 0.15) is 0 Å². The molecule has 2 aromatic carbocycles. The summed E-state index contributed by atoms with van der Waals surface area (Å²) in [7, 11) is 0. The fourth-order valence-electron chi connectivity index (χ4n) is 2.77. The van der Waals surface area contributed by atoms with Crippen molar-refractivity contribution in [2.45, 2.75) is 13.0 Å². The van der Waals surface area contributed by atoms with E-state index in [0.29, 0.717) is 11.3 Å². The summed E-state index contributed by atoms with van der Waals surface area (Å²) in [4.78, 5) is 26.1. The Morgan fingerprint density at radius 2 is 1.78 bits per heavy atom. The van der Waals surface area contributed by atoms with E-state index in [4.69, 9.17) is 11.5 Å². The Morgan fingerprint density at radius 1 is 1.09 bits per heavy atom. The normalized spacial score (nSPS) is 17.6. The number of benzene rings is 2. The van der Waals surface area contributed by atoms with Gasteiger partial charge in [-0.1, -0.05) is 36.4 Å². The number of hydrogen-bond donors (Lipinski definition) is 2. The molecule has 4 N–H and O–H groups in total. The van der Waals surface area contributed by atoms with E-state index in [0.717, 1.165) is 16.3 Å². The lowest BCUT2D eigenvalue weighted by Gasteiger charge is -2.31. The largest absolute Gasteiger partial charge is 0.400 e. The molecule has 0 bridgehead atoms. The number of carbonyl (C=O) groups is 2. The molecule has 2 aromatic rings. The predicted octanol–water partition coefficient (Wildman–Crippen LogP) is 1.90. The molecule has 1 heterocycles. The molecule has 0 radical (unpaired) electrons. The molecule has 0 fully saturated rings. The third kappa shape index (κ3) is 2.46. The number of amides is 2. The second-order valence-corrected chi connectivity index (χ2v) is 5.50. The van der Waals surface area contributed by atoms with Gasteiger partial charge in [0.05, 0.1) is 0 Å². The van der Waals surface area contributed by atoms with Crippen molar-refractivity contribution in [1.82, 2.24) is 4.90 Å². The molecule has 0 saturated carbocycles. The van der Waals surface area contributed by atoms with Crippen LogP contribution in [0.5, 0.6) is 0 Å². The second kappa shape index (κ2) is 5.61. The summed E-state index contributed by atoms with van der Waals surface area (Å²) >= 11 is 0. The monoisotopic (exact) mass is 307 g/mol. The van der Waals surface area contributed by atoms with Gasteiger partial charge in [-0.3, -0.25) is 14.5 Å². The number of rotatable bonds is 2. The van der Waals surface area contributed by atoms with E-state index >= 15 is 0 Å². The number of primary amides is 1. The number of hydrogen-bond acceptors (Lipinski definition) is 3. The molecule has 0 saturated heterocycles. The molecule has 5 heteroatoms. The Hall–Kier alpha value is -3.08. The molecule has 0 spiro atoms. The van der Waals surface area contributed by atoms with Gasteiger partial charge in [0, 0.05) is 17.5 Å². The van der Waals surface area contributed by atoms with Crippen molar-refractivity contribution < 1.29 is 9.59 Å². The highest BCUT2D eigenvalue weighted by atomic mass is 16.2. The van der Waals surface area contributed by atoms with E-state index in [1.165, 1.54) is 4.90 Å². The molecule has 0 aliphatic carbocycles. The highest BCUT2D eigenvalue weighted by molar-refractivity contribution is 6.09. The van der Waals surface area contributed by atoms with Crippen molar-refractivity contribution >= 4 is 22.6 Å². The van der Waals surface area contributed by atoms with Crippen LogP contribution in [0.4, 0.5) is 0 Å². The quantitative estimate of drug-likeness (QED) is 0.888. The third-order valence-electron chi connectivity index (χ3n) is 4.04. The molecular weight excluding hydrogens is 290 g/mol. The number of carbonyl (C=O) groups excluding carboxylic acids is 2. The van der Waals surface area contributed by atoms with Crippen LogP contribution in [0.15, 0.2) is 66.0 Å². The summed E-state index contributed by atoms with van der Waals surface area (Å²) < 4.78 is 0. The van der Waals surface area contributed by atoms with Crippen LogP contribution in [-0.2, 0) is 4.79 Å². The summed E-state index contributed by atoms with van der Waals surface area (Å²) in [6.45, 7) is 1.78. The molecule has 0 aromatic heterocycles. The van der Waals surface area contributed by atoms with Gasteiger partial charge in [0.2, 0.25) is 5.91 Å². The summed E-state index contributed by atoms with van der Waals surface area (Å²) in [6.07, 6.45) is 3.27. The van der Waals surface area contributed by atoms with Gasteiger partial charge in [0.15, 0.2) is 6.04 Å². The van der Waals surface area contributed by atoms with Crippen LogP contribution in [0.25, 0.3) is 10.8 Å². The van der Waals surface area contributed by atoms with Crippen molar-refractivity contribution in [3.63, 3.8) is 0 Å². The topological polar surface area (TPSA) is 89.4 Å². The standard InChI is InChI=1S/C18H17N3O2/c1-11-9-10-21(16(15(11)19)17(20)22)18(23)14-8-4-6-12-5-2-3-7-13(12)14/h2-10,16H,19H2,1H3,(H2,20,22). The lowest BCUT2D eigenvalue weighted by Crippen LogP contribution is -2.49. The van der Waals surface area contributed by atoms with Gasteiger partial charge in [0.25, 0.3) is 5.91 Å². The first-order chi connectivity index (χ1) is 11.0. The van der Waals surface area contributed by atoms with E-state index in [9.17, 15) is 9.59 Å². The van der Waals surface area contributed by atoms with Gasteiger partial charge < -0.3 is 11.5 Å². The van der Waals surface area contributed by atoms with Crippen molar-refractivity contribution in [2.24, 2.45) is 11.5 Å². The van der Waals surface area contributed by atoms with E-state index in [1.54, 1.807) is 25.3 Å². The fraction of sp³-hybridized carbons (Fsp3) is 0.111. The van der Waals surface area contributed by atoms with Crippen LogP contribution in [0.2, 0.25) is 0 Å². The van der Waals surface area contributed by atoms with Crippen molar-refractivity contribution in [2.75, 3.05) is 0 Å². The van der Waals surface area contributed by atoms with Crippen LogP contribution in [0, 0.1) is 0 Å².